The molecule has 2 aliphatic heterocycles. The highest BCUT2D eigenvalue weighted by atomic mass is 16.2. The minimum atomic E-state index is 0.0878. The van der Waals surface area contributed by atoms with Crippen LogP contribution in [0.4, 0.5) is 0 Å². The van der Waals surface area contributed by atoms with E-state index in [0.717, 1.165) is 38.9 Å². The summed E-state index contributed by atoms with van der Waals surface area (Å²) < 4.78 is 0. The second-order valence-corrected chi connectivity index (χ2v) is 9.54. The van der Waals surface area contributed by atoms with Crippen molar-refractivity contribution in [3.63, 3.8) is 0 Å². The summed E-state index contributed by atoms with van der Waals surface area (Å²) in [6.07, 6.45) is 10.8. The van der Waals surface area contributed by atoms with Gasteiger partial charge >= 0.3 is 0 Å². The number of benzene rings is 1. The van der Waals surface area contributed by atoms with Crippen LogP contribution in [0.15, 0.2) is 24.3 Å². The van der Waals surface area contributed by atoms with Crippen LogP contribution < -0.4 is 5.32 Å². The fourth-order valence-electron chi connectivity index (χ4n) is 5.57. The van der Waals surface area contributed by atoms with Crippen LogP contribution in [-0.2, 0) is 11.2 Å². The average molecular weight is 398 g/mol. The zero-order chi connectivity index (χ0) is 20.1. The second kappa shape index (κ2) is 10.1. The highest BCUT2D eigenvalue weighted by molar-refractivity contribution is 5.82. The second-order valence-electron chi connectivity index (χ2n) is 9.54. The van der Waals surface area contributed by atoms with Crippen LogP contribution in [0.5, 0.6) is 0 Å². The van der Waals surface area contributed by atoms with Crippen molar-refractivity contribution in [2.45, 2.75) is 76.8 Å². The zero-order valence-corrected chi connectivity index (χ0v) is 18.2. The van der Waals surface area contributed by atoms with Gasteiger partial charge in [0.2, 0.25) is 5.91 Å². The van der Waals surface area contributed by atoms with Gasteiger partial charge in [0.25, 0.3) is 0 Å². The average Bonchev–Trinajstić information content (AvgIpc) is 3.46. The minimum absolute atomic E-state index is 0.0878. The Bertz CT molecular complexity index is 656. The molecule has 29 heavy (non-hydrogen) atoms. The first-order chi connectivity index (χ1) is 14.2. The minimum Gasteiger partial charge on any atom is -0.338 e. The van der Waals surface area contributed by atoms with Crippen LogP contribution in [0.3, 0.4) is 0 Å². The van der Waals surface area contributed by atoms with E-state index < -0.39 is 0 Å². The van der Waals surface area contributed by atoms with Crippen LogP contribution in [0, 0.1) is 12.8 Å². The molecule has 1 aliphatic carbocycles. The van der Waals surface area contributed by atoms with Gasteiger partial charge in [-0.2, -0.15) is 0 Å². The molecular formula is C25H39N3O. The van der Waals surface area contributed by atoms with E-state index in [4.69, 9.17) is 0 Å². The molecule has 1 atom stereocenters. The summed E-state index contributed by atoms with van der Waals surface area (Å²) in [6, 6.07) is 9.36. The number of piperidine rings is 1. The predicted molar refractivity (Wildman–Crippen MR) is 119 cm³/mol. The number of carbonyl (C=O) groups is 1. The number of hydrogen-bond donors (Lipinski definition) is 1. The van der Waals surface area contributed by atoms with Gasteiger partial charge in [0.15, 0.2) is 0 Å². The van der Waals surface area contributed by atoms with Crippen molar-refractivity contribution < 1.29 is 4.79 Å². The SMILES string of the molecule is Cc1ccccc1CCN1CCC(CN(C(=O)[C@H]2CCCN2)C2CCCC2)CC1. The van der Waals surface area contributed by atoms with E-state index in [0.29, 0.717) is 17.9 Å². The molecule has 3 fully saturated rings. The van der Waals surface area contributed by atoms with Gasteiger partial charge in [-0.25, -0.2) is 0 Å². The molecule has 1 saturated carbocycles. The summed E-state index contributed by atoms with van der Waals surface area (Å²) in [6.45, 7) is 7.75. The molecule has 2 heterocycles. The third kappa shape index (κ3) is 5.40. The molecule has 0 unspecified atom stereocenters. The molecule has 2 saturated heterocycles. The molecule has 0 radical (unpaired) electrons. The van der Waals surface area contributed by atoms with Gasteiger partial charge in [0.1, 0.15) is 0 Å². The topological polar surface area (TPSA) is 35.6 Å². The maximum absolute atomic E-state index is 13.2. The van der Waals surface area contributed by atoms with E-state index >= 15 is 0 Å². The van der Waals surface area contributed by atoms with Crippen molar-refractivity contribution >= 4 is 5.91 Å². The summed E-state index contributed by atoms with van der Waals surface area (Å²) in [5.41, 5.74) is 2.89. The molecule has 1 amide bonds. The van der Waals surface area contributed by atoms with E-state index in [2.05, 4.69) is 46.3 Å². The monoisotopic (exact) mass is 397 g/mol. The van der Waals surface area contributed by atoms with E-state index in [9.17, 15) is 4.79 Å². The quantitative estimate of drug-likeness (QED) is 0.761. The van der Waals surface area contributed by atoms with Crippen molar-refractivity contribution in [2.75, 3.05) is 32.7 Å². The molecular weight excluding hydrogens is 358 g/mol. The lowest BCUT2D eigenvalue weighted by Gasteiger charge is -2.38. The van der Waals surface area contributed by atoms with Gasteiger partial charge in [-0.1, -0.05) is 37.1 Å². The predicted octanol–water partition coefficient (Wildman–Crippen LogP) is 3.77. The standard InChI is InChI=1S/C25H39N3O/c1-20-7-2-3-8-22(20)14-18-27-16-12-21(13-17-27)19-28(23-9-4-5-10-23)25(29)24-11-6-15-26-24/h2-3,7-8,21,23-24,26H,4-6,9-19H2,1H3/t24-/m1/s1. The highest BCUT2D eigenvalue weighted by Crippen LogP contribution is 2.28. The Morgan fingerprint density at radius 3 is 2.52 bits per heavy atom. The van der Waals surface area contributed by atoms with Gasteiger partial charge < -0.3 is 15.1 Å². The van der Waals surface area contributed by atoms with Crippen LogP contribution in [0.25, 0.3) is 0 Å². The molecule has 4 heteroatoms. The number of rotatable bonds is 7. The van der Waals surface area contributed by atoms with Gasteiger partial charge in [-0.3, -0.25) is 4.79 Å². The zero-order valence-electron chi connectivity index (χ0n) is 18.2. The summed E-state index contributed by atoms with van der Waals surface area (Å²) in [5, 5.41) is 3.44. The number of carbonyl (C=O) groups excluding carboxylic acids is 1. The molecule has 3 aliphatic rings. The summed E-state index contributed by atoms with van der Waals surface area (Å²) in [5.74, 6) is 1.08. The van der Waals surface area contributed by atoms with Gasteiger partial charge in [-0.15, -0.1) is 0 Å². The Labute approximate surface area is 177 Å². The maximum atomic E-state index is 13.2. The van der Waals surface area contributed by atoms with Gasteiger partial charge in [0.05, 0.1) is 6.04 Å². The first-order valence-corrected chi connectivity index (χ1v) is 12.0. The van der Waals surface area contributed by atoms with Crippen molar-refractivity contribution in [3.05, 3.63) is 35.4 Å². The maximum Gasteiger partial charge on any atom is 0.239 e. The fraction of sp³-hybridized carbons (Fsp3) is 0.720. The van der Waals surface area contributed by atoms with E-state index in [-0.39, 0.29) is 6.04 Å². The molecule has 0 aromatic heterocycles. The lowest BCUT2D eigenvalue weighted by atomic mass is 9.94. The Morgan fingerprint density at radius 1 is 1.07 bits per heavy atom. The number of hydrogen-bond acceptors (Lipinski definition) is 3. The van der Waals surface area contributed by atoms with Crippen molar-refractivity contribution in [1.82, 2.24) is 15.1 Å². The summed E-state index contributed by atoms with van der Waals surface area (Å²) in [4.78, 5) is 18.2. The lowest BCUT2D eigenvalue weighted by molar-refractivity contribution is -0.136. The summed E-state index contributed by atoms with van der Waals surface area (Å²) in [7, 11) is 0. The summed E-state index contributed by atoms with van der Waals surface area (Å²) >= 11 is 0. The Balaban J connectivity index is 1.27. The largest absolute Gasteiger partial charge is 0.338 e. The fourth-order valence-corrected chi connectivity index (χ4v) is 5.57. The van der Waals surface area contributed by atoms with Crippen LogP contribution in [0.1, 0.15) is 62.5 Å². The molecule has 4 nitrogen and oxygen atoms in total. The van der Waals surface area contributed by atoms with Crippen LogP contribution in [-0.4, -0.2) is 60.5 Å². The van der Waals surface area contributed by atoms with Crippen molar-refractivity contribution in [2.24, 2.45) is 5.92 Å². The molecule has 1 N–H and O–H groups in total. The van der Waals surface area contributed by atoms with Crippen molar-refractivity contribution in [3.8, 4) is 0 Å². The number of amides is 1. The molecule has 1 aromatic carbocycles. The third-order valence-corrected chi connectivity index (χ3v) is 7.53. The van der Waals surface area contributed by atoms with E-state index in [1.807, 2.05) is 0 Å². The Morgan fingerprint density at radius 2 is 1.83 bits per heavy atom. The van der Waals surface area contributed by atoms with Crippen LogP contribution >= 0.6 is 0 Å². The van der Waals surface area contributed by atoms with E-state index in [1.165, 1.54) is 62.7 Å². The molecule has 0 bridgehead atoms. The lowest BCUT2D eigenvalue weighted by Crippen LogP contribution is -2.50. The molecule has 4 rings (SSSR count). The number of aryl methyl sites for hydroxylation is 1. The molecule has 0 spiro atoms. The Kier molecular flexibility index (Phi) is 7.25. The first-order valence-electron chi connectivity index (χ1n) is 12.0. The molecule has 160 valence electrons. The number of nitrogens with one attached hydrogen (secondary N) is 1. The molecule has 1 aromatic rings. The van der Waals surface area contributed by atoms with Gasteiger partial charge in [0, 0.05) is 19.1 Å². The van der Waals surface area contributed by atoms with Crippen molar-refractivity contribution in [1.29, 1.82) is 0 Å². The first kappa shape index (κ1) is 20.9. The van der Waals surface area contributed by atoms with E-state index in [1.54, 1.807) is 0 Å². The Hall–Kier alpha value is -1.39. The van der Waals surface area contributed by atoms with Crippen LogP contribution in [0.2, 0.25) is 0 Å². The highest BCUT2D eigenvalue weighted by Gasteiger charge is 2.34. The normalized spacial score (nSPS) is 24.2. The number of nitrogens with zero attached hydrogens (tertiary/aromatic N) is 2. The smallest absolute Gasteiger partial charge is 0.239 e. The van der Waals surface area contributed by atoms with Gasteiger partial charge in [-0.05, 0) is 88.5 Å². The third-order valence-electron chi connectivity index (χ3n) is 7.53. The number of likely N-dealkylation sites (tertiary alicyclic amines) is 1.